The highest BCUT2D eigenvalue weighted by molar-refractivity contribution is 4.44. The Bertz CT molecular complexity index is 397. The van der Waals surface area contributed by atoms with Gasteiger partial charge in [-0.2, -0.15) is 0 Å². The fourth-order valence-corrected chi connectivity index (χ4v) is 6.60. The molecular weight excluding hydrogens is 853 g/mol. The van der Waals surface area contributed by atoms with E-state index >= 15 is 0 Å². The molecule has 0 amide bonds. The molecule has 448 valence electrons. The standard InChI is InChI=1S/4C9H20.7C5H12/c4*1-3-5-7-9-8-6-4-2;7*1-3-5-4-2/h4*3-9H2,1-2H3;7*3-5H2,1-2H3. The summed E-state index contributed by atoms with van der Waals surface area (Å²) in [4.78, 5) is 0. The Balaban J connectivity index is -0.0000000627. The van der Waals surface area contributed by atoms with E-state index in [0.717, 1.165) is 0 Å². The molecule has 0 N–H and O–H groups in total. The van der Waals surface area contributed by atoms with E-state index in [1.54, 1.807) is 0 Å². The van der Waals surface area contributed by atoms with Crippen molar-refractivity contribution in [2.75, 3.05) is 0 Å². The van der Waals surface area contributed by atoms with Crippen LogP contribution in [0.3, 0.4) is 0 Å². The van der Waals surface area contributed by atoms with Crippen molar-refractivity contribution in [3.63, 3.8) is 0 Å². The summed E-state index contributed by atoms with van der Waals surface area (Å²) in [5.74, 6) is 0. The molecule has 0 heteroatoms. The summed E-state index contributed by atoms with van der Waals surface area (Å²) >= 11 is 0. The smallest absolute Gasteiger partial charge is 0.0533 e. The van der Waals surface area contributed by atoms with Gasteiger partial charge in [0.15, 0.2) is 0 Å². The number of hydrogen-bond acceptors (Lipinski definition) is 0. The highest BCUT2D eigenvalue weighted by atomic mass is 13.9. The van der Waals surface area contributed by atoms with Crippen LogP contribution in [0.5, 0.6) is 0 Å². The van der Waals surface area contributed by atoms with Gasteiger partial charge >= 0.3 is 0 Å². The van der Waals surface area contributed by atoms with E-state index in [4.69, 9.17) is 0 Å². The number of unbranched alkanes of at least 4 members (excludes halogenated alkanes) is 38. The quantitative estimate of drug-likeness (QED) is 0.0541. The van der Waals surface area contributed by atoms with Gasteiger partial charge in [-0.1, -0.05) is 467 Å². The SMILES string of the molecule is CCCCC.CCCCC.CCCCC.CCCCC.CCCCC.CCCCC.CCCCC.CCCCCCCCC.CCCCCCCCC.CCCCCCCCC.CCCCCCCCC. The fourth-order valence-electron chi connectivity index (χ4n) is 6.60. The van der Waals surface area contributed by atoms with Gasteiger partial charge < -0.3 is 0 Å². The number of hydrogen-bond donors (Lipinski definition) is 0. The molecule has 0 fully saturated rings. The van der Waals surface area contributed by atoms with Crippen molar-refractivity contribution in [2.45, 2.75) is 467 Å². The molecule has 0 aliphatic carbocycles. The molecule has 0 aliphatic heterocycles. The second-order valence-electron chi connectivity index (χ2n) is 20.5. The number of rotatable bonds is 38. The molecule has 0 aromatic rings. The van der Waals surface area contributed by atoms with Gasteiger partial charge in [-0.15, -0.1) is 0 Å². The molecule has 0 nitrogen and oxygen atoms in total. The highest BCUT2D eigenvalue weighted by Crippen LogP contribution is 2.08. The first-order valence-electron chi connectivity index (χ1n) is 34.6. The van der Waals surface area contributed by atoms with Crippen molar-refractivity contribution in [3.8, 4) is 0 Å². The molecule has 0 aromatic heterocycles. The molecule has 71 heavy (non-hydrogen) atoms. The van der Waals surface area contributed by atoms with Crippen LogP contribution in [0, 0.1) is 0 Å². The largest absolute Gasteiger partial charge is 0.0654 e. The zero-order chi connectivity index (χ0) is 56.6. The summed E-state index contributed by atoms with van der Waals surface area (Å²) in [6, 6.07) is 0. The molecule has 0 rings (SSSR count). The maximum absolute atomic E-state index is 2.26. The third-order valence-corrected chi connectivity index (χ3v) is 11.8. The van der Waals surface area contributed by atoms with Gasteiger partial charge in [0, 0.05) is 0 Å². The summed E-state index contributed by atoms with van der Waals surface area (Å²) < 4.78 is 0. The lowest BCUT2D eigenvalue weighted by molar-refractivity contribution is 0.602. The maximum atomic E-state index is 2.26. The lowest BCUT2D eigenvalue weighted by Gasteiger charge is -1.96. The first-order valence-corrected chi connectivity index (χ1v) is 34.6. The zero-order valence-electron chi connectivity index (χ0n) is 56.6. The summed E-state index contributed by atoms with van der Waals surface area (Å²) in [7, 11) is 0. The fraction of sp³-hybridized carbons (Fsp3) is 1.00. The van der Waals surface area contributed by atoms with E-state index < -0.39 is 0 Å². The van der Waals surface area contributed by atoms with Gasteiger partial charge in [0.25, 0.3) is 0 Å². The van der Waals surface area contributed by atoms with Crippen molar-refractivity contribution < 1.29 is 0 Å². The molecule has 0 saturated heterocycles. The van der Waals surface area contributed by atoms with Crippen LogP contribution in [0.1, 0.15) is 467 Å². The van der Waals surface area contributed by atoms with Gasteiger partial charge in [0.05, 0.1) is 0 Å². The van der Waals surface area contributed by atoms with Gasteiger partial charge in [-0.3, -0.25) is 0 Å². The van der Waals surface area contributed by atoms with Crippen molar-refractivity contribution in [3.05, 3.63) is 0 Å². The van der Waals surface area contributed by atoms with Gasteiger partial charge in [0.1, 0.15) is 0 Å². The highest BCUT2D eigenvalue weighted by Gasteiger charge is 1.88. The Morgan fingerprint density at radius 2 is 0.127 bits per heavy atom. The summed E-state index contributed by atoms with van der Waals surface area (Å²) in [6.07, 6.45) is 68.4. The maximum Gasteiger partial charge on any atom is -0.0533 e. The van der Waals surface area contributed by atoms with Crippen molar-refractivity contribution >= 4 is 0 Å². The summed E-state index contributed by atoms with van der Waals surface area (Å²) in [5.41, 5.74) is 0. The molecule has 0 heterocycles. The van der Waals surface area contributed by atoms with Gasteiger partial charge in [-0.05, 0) is 0 Å². The minimum atomic E-state index is 1.34. The zero-order valence-corrected chi connectivity index (χ0v) is 56.6. The van der Waals surface area contributed by atoms with Crippen molar-refractivity contribution in [2.24, 2.45) is 0 Å². The van der Waals surface area contributed by atoms with Gasteiger partial charge in [-0.25, -0.2) is 0 Å². The van der Waals surface area contributed by atoms with Crippen LogP contribution in [-0.4, -0.2) is 0 Å². The van der Waals surface area contributed by atoms with E-state index in [-0.39, 0.29) is 0 Å². The Kier molecular flexibility index (Phi) is 189. The molecule has 0 aliphatic rings. The Hall–Kier alpha value is 0. The second kappa shape index (κ2) is 139. The topological polar surface area (TPSA) is 0 Å². The van der Waals surface area contributed by atoms with Crippen LogP contribution in [0.25, 0.3) is 0 Å². The lowest BCUT2D eigenvalue weighted by atomic mass is 10.1. The van der Waals surface area contributed by atoms with Crippen LogP contribution >= 0.6 is 0 Å². The van der Waals surface area contributed by atoms with E-state index in [0.29, 0.717) is 0 Å². The molecule has 0 atom stereocenters. The Morgan fingerprint density at radius 3 is 0.169 bits per heavy atom. The minimum absolute atomic E-state index is 1.34. The van der Waals surface area contributed by atoms with Gasteiger partial charge in [0.2, 0.25) is 0 Å². The third-order valence-electron chi connectivity index (χ3n) is 11.8. The molecule has 0 bridgehead atoms. The van der Waals surface area contributed by atoms with Crippen LogP contribution in [0.2, 0.25) is 0 Å². The molecular formula is C71H164. The summed E-state index contributed by atoms with van der Waals surface area (Å²) in [5, 5.41) is 0. The van der Waals surface area contributed by atoms with Crippen LogP contribution in [0.4, 0.5) is 0 Å². The molecule has 0 spiro atoms. The lowest BCUT2D eigenvalue weighted by Crippen LogP contribution is -1.76. The van der Waals surface area contributed by atoms with E-state index in [9.17, 15) is 0 Å². The second-order valence-corrected chi connectivity index (χ2v) is 20.5. The molecule has 0 saturated carbocycles. The first-order chi connectivity index (χ1) is 34.6. The summed E-state index contributed by atoms with van der Waals surface area (Å²) in [6.45, 7) is 49.1. The van der Waals surface area contributed by atoms with Crippen LogP contribution < -0.4 is 0 Å². The Labute approximate surface area is 464 Å². The van der Waals surface area contributed by atoms with E-state index in [1.165, 1.54) is 315 Å². The normalized spacial score (nSPS) is 9.21. The van der Waals surface area contributed by atoms with Crippen LogP contribution in [-0.2, 0) is 0 Å². The van der Waals surface area contributed by atoms with Crippen molar-refractivity contribution in [1.82, 2.24) is 0 Å². The first kappa shape index (κ1) is 96.6. The van der Waals surface area contributed by atoms with Crippen molar-refractivity contribution in [1.29, 1.82) is 0 Å². The third kappa shape index (κ3) is 224. The predicted octanol–water partition coefficient (Wildman–Crippen LogP) is 30.4. The Morgan fingerprint density at radius 1 is 0.0704 bits per heavy atom. The monoisotopic (exact) mass is 1020 g/mol. The molecule has 0 unspecified atom stereocenters. The minimum Gasteiger partial charge on any atom is -0.0654 e. The van der Waals surface area contributed by atoms with E-state index in [2.05, 4.69) is 152 Å². The van der Waals surface area contributed by atoms with Crippen LogP contribution in [0.15, 0.2) is 0 Å². The molecule has 0 aromatic carbocycles. The average molecular weight is 1020 g/mol. The molecule has 0 radical (unpaired) electrons. The van der Waals surface area contributed by atoms with E-state index in [1.807, 2.05) is 0 Å². The average Bonchev–Trinajstić information content (AvgIpc) is 3.38. The predicted molar refractivity (Wildman–Crippen MR) is 351 cm³/mol.